The Labute approximate surface area is 293 Å². The van der Waals surface area contributed by atoms with E-state index in [0.29, 0.717) is 11.8 Å². The van der Waals surface area contributed by atoms with Gasteiger partial charge in [0.25, 0.3) is 0 Å². The van der Waals surface area contributed by atoms with Crippen molar-refractivity contribution < 1.29 is 19.1 Å². The van der Waals surface area contributed by atoms with E-state index < -0.39 is 5.41 Å². The summed E-state index contributed by atoms with van der Waals surface area (Å²) in [6, 6.07) is 0. The van der Waals surface area contributed by atoms with Crippen LogP contribution in [-0.2, 0) is 19.1 Å². The molecule has 6 aliphatic carbocycles. The van der Waals surface area contributed by atoms with E-state index in [9.17, 15) is 9.59 Å². The molecule has 0 amide bonds. The average Bonchev–Trinajstić information content (AvgIpc) is 3.90. The lowest BCUT2D eigenvalue weighted by Crippen LogP contribution is -2.54. The maximum Gasteiger partial charge on any atom is 0.340 e. The number of rotatable bonds is 2. The molecule has 1 saturated heterocycles. The first-order valence-corrected chi connectivity index (χ1v) is 21.4. The third-order valence-electron chi connectivity index (χ3n) is 14.0. The molecule has 0 unspecified atom stereocenters. The van der Waals surface area contributed by atoms with Gasteiger partial charge in [-0.05, 0) is 117 Å². The molecule has 2 N–H and O–H groups in total. The minimum absolute atomic E-state index is 0.0663. The fourth-order valence-electron chi connectivity index (χ4n) is 11.8. The van der Waals surface area contributed by atoms with E-state index in [-0.39, 0.29) is 34.6 Å². The quantitative estimate of drug-likeness (QED) is 0.221. The zero-order valence-corrected chi connectivity index (χ0v) is 30.2. The third-order valence-corrected chi connectivity index (χ3v) is 16.4. The molecule has 0 aromatic carbocycles. The van der Waals surface area contributed by atoms with Crippen LogP contribution in [-0.4, -0.2) is 30.1 Å². The second-order valence-electron chi connectivity index (χ2n) is 16.2. The summed E-state index contributed by atoms with van der Waals surface area (Å²) >= 11 is 0. The molecule has 2 spiro atoms. The van der Waals surface area contributed by atoms with Crippen LogP contribution in [0.3, 0.4) is 0 Å². The number of hydrogen-bond donors (Lipinski definition) is 2. The van der Waals surface area contributed by atoms with Gasteiger partial charge in [-0.15, -0.1) is 0 Å². The Hall–Kier alpha value is -2.32. The van der Waals surface area contributed by atoms with E-state index in [2.05, 4.69) is 48.8 Å². The van der Waals surface area contributed by atoms with Gasteiger partial charge in [-0.3, -0.25) is 0 Å². The van der Waals surface area contributed by atoms with Gasteiger partial charge in [-0.1, -0.05) is 67.2 Å². The maximum atomic E-state index is 14.6. The summed E-state index contributed by atoms with van der Waals surface area (Å²) in [6.07, 6.45) is 24.5. The Balaban J connectivity index is 1.26. The van der Waals surface area contributed by atoms with E-state index in [1.54, 1.807) is 0 Å². The Morgan fingerprint density at radius 1 is 0.958 bits per heavy atom. The predicted octanol–water partition coefficient (Wildman–Crippen LogP) is 8.77. The summed E-state index contributed by atoms with van der Waals surface area (Å²) in [4.78, 5) is 28.8. The van der Waals surface area contributed by atoms with E-state index in [1.807, 2.05) is 21.6 Å². The van der Waals surface area contributed by atoms with Gasteiger partial charge in [0, 0.05) is 34.8 Å². The molecule has 10 aliphatic rings. The Bertz CT molecular complexity index is 1620. The van der Waals surface area contributed by atoms with E-state index in [0.717, 1.165) is 104 Å². The third kappa shape index (κ3) is 4.59. The van der Waals surface area contributed by atoms with Gasteiger partial charge >= 0.3 is 11.9 Å². The number of hydrogen-bond acceptors (Lipinski definition) is 8. The summed E-state index contributed by atoms with van der Waals surface area (Å²) in [5, 5.41) is 7.25. The number of dihydropyridines is 1. The topological polar surface area (TPSA) is 76.7 Å². The summed E-state index contributed by atoms with van der Waals surface area (Å²) in [5.74, 6) is 5.30. The summed E-state index contributed by atoms with van der Waals surface area (Å²) < 4.78 is 12.9. The van der Waals surface area contributed by atoms with Crippen LogP contribution in [0.5, 0.6) is 0 Å². The van der Waals surface area contributed by atoms with E-state index >= 15 is 0 Å². The molecule has 256 valence electrons. The number of cyclic esters (lactones) is 1. The zero-order valence-electron chi connectivity index (χ0n) is 28.6. The van der Waals surface area contributed by atoms with Gasteiger partial charge in [0.05, 0.1) is 22.7 Å². The molecule has 10 rings (SSSR count). The van der Waals surface area contributed by atoms with Crippen LogP contribution in [0.1, 0.15) is 104 Å². The largest absolute Gasteiger partial charge is 0.427 e. The van der Waals surface area contributed by atoms with Crippen LogP contribution in [0.4, 0.5) is 0 Å². The molecule has 48 heavy (non-hydrogen) atoms. The van der Waals surface area contributed by atoms with Gasteiger partial charge in [0.15, 0.2) is 0 Å². The molecule has 0 aromatic heterocycles. The lowest BCUT2D eigenvalue weighted by Gasteiger charge is -2.59. The fourth-order valence-corrected chi connectivity index (χ4v) is 14.0. The van der Waals surface area contributed by atoms with E-state index in [4.69, 9.17) is 9.47 Å². The number of ether oxygens (including phenoxy) is 2. The second kappa shape index (κ2) is 11.9. The van der Waals surface area contributed by atoms with Crippen LogP contribution in [0.15, 0.2) is 69.5 Å². The van der Waals surface area contributed by atoms with E-state index in [1.165, 1.54) is 49.7 Å². The van der Waals surface area contributed by atoms with Crippen molar-refractivity contribution in [2.24, 2.45) is 39.9 Å². The van der Waals surface area contributed by atoms with Crippen molar-refractivity contribution in [3.63, 3.8) is 0 Å². The normalized spacial score (nSPS) is 38.5. The minimum atomic E-state index is -0.594. The number of allylic oxidation sites excluding steroid dienone is 7. The van der Waals surface area contributed by atoms with Gasteiger partial charge in [-0.25, -0.2) is 9.59 Å². The smallest absolute Gasteiger partial charge is 0.340 e. The van der Waals surface area contributed by atoms with Crippen LogP contribution < -0.4 is 10.6 Å². The minimum Gasteiger partial charge on any atom is -0.427 e. The standard InChI is InChI=1S/C40H50N2O4S2/c1-3-38(14-4-5-15-38)21-29-28-10-9-26-27-12-18-40(33(26)32(28)36(43)45-29)30-11-8-24(2)22-47-48-23-42-31-20-25(13-19-41-31)39(16-6-7-17-39)34(27)35(40)37(44)46-30/h11,13,20-21,24,26-27,33,41-42H,3-10,12,14-19,22-23H2,1-2H3/b29-21-,30-11-/t24-,26-,27-,33+,40-/m0/s1. The van der Waals surface area contributed by atoms with Crippen molar-refractivity contribution in [1.82, 2.24) is 10.6 Å². The van der Waals surface area contributed by atoms with Crippen LogP contribution in [0, 0.1) is 39.9 Å². The summed E-state index contributed by atoms with van der Waals surface area (Å²) in [7, 11) is 3.78. The highest BCUT2D eigenvalue weighted by molar-refractivity contribution is 8.76. The number of esters is 2. The Morgan fingerprint density at radius 3 is 2.58 bits per heavy atom. The first-order chi connectivity index (χ1) is 23.4. The Kier molecular flexibility index (Phi) is 7.84. The van der Waals surface area contributed by atoms with Crippen molar-refractivity contribution in [3.8, 4) is 0 Å². The zero-order chi connectivity index (χ0) is 32.7. The first-order valence-electron chi connectivity index (χ1n) is 18.9. The lowest BCUT2D eigenvalue weighted by atomic mass is 9.42. The SMILES string of the molecule is CCC1(/C=C2\OC(=O)C3=C2CC[C@H]2[C@@H]4CC[C@@]5(C6=C4C4(CCCC4)C4=CCNC(=C4)NCSSC[C@@H](C)C/C=C/5OC6=O)[C@@H]32)CCCC1. The van der Waals surface area contributed by atoms with Gasteiger partial charge in [-0.2, -0.15) is 0 Å². The molecular formula is C40H50N2O4S2. The molecule has 0 aromatic rings. The van der Waals surface area contributed by atoms with Crippen LogP contribution >= 0.6 is 21.6 Å². The second-order valence-corrected chi connectivity index (χ2v) is 18.7. The number of carbonyl (C=O) groups excluding carboxylic acids is 2. The van der Waals surface area contributed by atoms with Crippen molar-refractivity contribution >= 4 is 33.5 Å². The highest BCUT2D eigenvalue weighted by Crippen LogP contribution is 2.74. The monoisotopic (exact) mass is 686 g/mol. The fraction of sp³-hybridized carbons (Fsp3) is 0.650. The van der Waals surface area contributed by atoms with Crippen LogP contribution in [0.25, 0.3) is 0 Å². The molecule has 7 bridgehead atoms. The number of fused-ring (bicyclic) bond motifs is 3. The highest BCUT2D eigenvalue weighted by atomic mass is 33.1. The first kappa shape index (κ1) is 31.6. The van der Waals surface area contributed by atoms with Crippen molar-refractivity contribution in [2.75, 3.05) is 18.2 Å². The molecule has 4 aliphatic heterocycles. The predicted molar refractivity (Wildman–Crippen MR) is 192 cm³/mol. The molecule has 6 nitrogen and oxygen atoms in total. The molecule has 3 saturated carbocycles. The Morgan fingerprint density at radius 2 is 1.77 bits per heavy atom. The summed E-state index contributed by atoms with van der Waals surface area (Å²) in [6.45, 7) is 5.38. The molecule has 4 fully saturated rings. The lowest BCUT2D eigenvalue weighted by molar-refractivity contribution is -0.135. The van der Waals surface area contributed by atoms with Crippen molar-refractivity contribution in [2.45, 2.75) is 104 Å². The summed E-state index contributed by atoms with van der Waals surface area (Å²) in [5.41, 5.74) is 5.08. The van der Waals surface area contributed by atoms with Crippen LogP contribution in [0.2, 0.25) is 0 Å². The van der Waals surface area contributed by atoms with Crippen molar-refractivity contribution in [3.05, 3.63) is 69.5 Å². The highest BCUT2D eigenvalue weighted by Gasteiger charge is 2.70. The molecular weight excluding hydrogens is 637 g/mol. The number of carbonyl (C=O) groups is 2. The molecule has 0 radical (unpaired) electrons. The van der Waals surface area contributed by atoms with Gasteiger partial charge in [0.1, 0.15) is 11.5 Å². The molecule has 8 heteroatoms. The molecule has 5 atom stereocenters. The van der Waals surface area contributed by atoms with Gasteiger partial charge < -0.3 is 20.1 Å². The maximum absolute atomic E-state index is 14.6. The van der Waals surface area contributed by atoms with Gasteiger partial charge in [0.2, 0.25) is 0 Å². The number of nitrogens with one attached hydrogen (secondary N) is 2. The van der Waals surface area contributed by atoms with Crippen molar-refractivity contribution in [1.29, 1.82) is 0 Å². The average molecular weight is 687 g/mol. The molecule has 4 heterocycles.